The van der Waals surface area contributed by atoms with E-state index in [0.717, 1.165) is 0 Å². The van der Waals surface area contributed by atoms with Gasteiger partial charge in [0.1, 0.15) is 11.6 Å². The van der Waals surface area contributed by atoms with Crippen molar-refractivity contribution in [3.8, 4) is 5.75 Å². The fourth-order valence-corrected chi connectivity index (χ4v) is 1.97. The topological polar surface area (TPSA) is 144 Å². The minimum Gasteiger partial charge on any atom is -0.482 e. The molecule has 2 aromatic carbocycles. The Balaban J connectivity index is 1.89. The van der Waals surface area contributed by atoms with Gasteiger partial charge < -0.3 is 20.5 Å². The van der Waals surface area contributed by atoms with E-state index in [0.29, 0.717) is 17.0 Å². The molecule has 0 aliphatic heterocycles. The number of carbonyl (C=O) groups excluding carboxylic acids is 3. The number of amides is 3. The molecule has 0 saturated carbocycles. The monoisotopic (exact) mass is 370 g/mol. The molecule has 0 bridgehead atoms. The van der Waals surface area contributed by atoms with E-state index in [2.05, 4.69) is 15.4 Å². The maximum absolute atomic E-state index is 12.1. The number of esters is 1. The maximum atomic E-state index is 12.1. The van der Waals surface area contributed by atoms with Crippen molar-refractivity contribution in [3.63, 3.8) is 0 Å². The standard InChI is InChI=1S/C18H18N4O5/c1-26-15(23)10-27-14-8-4-12(5-9-14)17(24)22-18(25)21-13-6-2-11(3-7-13)16(19)20/h2-9H,10H2,1H3,(H3,19,20)(H2,21,22,24,25). The van der Waals surface area contributed by atoms with E-state index in [1.54, 1.807) is 24.3 Å². The first-order chi connectivity index (χ1) is 12.9. The van der Waals surface area contributed by atoms with Gasteiger partial charge in [-0.25, -0.2) is 9.59 Å². The second-order valence-electron chi connectivity index (χ2n) is 5.29. The molecular formula is C18H18N4O5. The number of imide groups is 1. The highest BCUT2D eigenvalue weighted by Gasteiger charge is 2.11. The van der Waals surface area contributed by atoms with Crippen LogP contribution >= 0.6 is 0 Å². The predicted octanol–water partition coefficient (Wildman–Crippen LogP) is 1.48. The summed E-state index contributed by atoms with van der Waals surface area (Å²) in [5.74, 6) is -0.829. The molecule has 0 aliphatic rings. The molecule has 0 saturated heterocycles. The van der Waals surface area contributed by atoms with Gasteiger partial charge in [0.15, 0.2) is 6.61 Å². The first-order valence-electron chi connectivity index (χ1n) is 7.75. The number of amidine groups is 1. The van der Waals surface area contributed by atoms with Gasteiger partial charge in [-0.15, -0.1) is 0 Å². The lowest BCUT2D eigenvalue weighted by Gasteiger charge is -2.08. The summed E-state index contributed by atoms with van der Waals surface area (Å²) < 4.78 is 9.63. The number of hydrogen-bond donors (Lipinski definition) is 4. The fraction of sp³-hybridized carbons (Fsp3) is 0.111. The van der Waals surface area contributed by atoms with E-state index in [-0.39, 0.29) is 18.0 Å². The number of urea groups is 1. The molecule has 9 nitrogen and oxygen atoms in total. The average molecular weight is 370 g/mol. The first kappa shape index (κ1) is 19.4. The summed E-state index contributed by atoms with van der Waals surface area (Å²) in [5.41, 5.74) is 6.55. The average Bonchev–Trinajstić information content (AvgIpc) is 2.66. The largest absolute Gasteiger partial charge is 0.482 e. The molecule has 0 aromatic heterocycles. The molecule has 0 atom stereocenters. The fourth-order valence-electron chi connectivity index (χ4n) is 1.97. The molecule has 140 valence electrons. The number of methoxy groups -OCH3 is 1. The second kappa shape index (κ2) is 8.99. The highest BCUT2D eigenvalue weighted by molar-refractivity contribution is 6.08. The zero-order valence-electron chi connectivity index (χ0n) is 14.4. The Kier molecular flexibility index (Phi) is 6.48. The van der Waals surface area contributed by atoms with Gasteiger partial charge in [0.25, 0.3) is 5.91 Å². The summed E-state index contributed by atoms with van der Waals surface area (Å²) in [7, 11) is 1.25. The van der Waals surface area contributed by atoms with E-state index in [1.165, 1.54) is 31.4 Å². The van der Waals surface area contributed by atoms with Crippen molar-refractivity contribution in [1.82, 2.24) is 5.32 Å². The van der Waals surface area contributed by atoms with Crippen LogP contribution in [0.4, 0.5) is 10.5 Å². The van der Waals surface area contributed by atoms with Gasteiger partial charge in [-0.05, 0) is 48.5 Å². The van der Waals surface area contributed by atoms with Crippen LogP contribution < -0.4 is 21.1 Å². The van der Waals surface area contributed by atoms with E-state index >= 15 is 0 Å². The Morgan fingerprint density at radius 3 is 2.15 bits per heavy atom. The van der Waals surface area contributed by atoms with Crippen molar-refractivity contribution in [1.29, 1.82) is 5.41 Å². The summed E-state index contributed by atoms with van der Waals surface area (Å²) in [6.07, 6.45) is 0. The molecular weight excluding hydrogens is 352 g/mol. The molecule has 0 fully saturated rings. The van der Waals surface area contributed by atoms with Gasteiger partial charge >= 0.3 is 12.0 Å². The lowest BCUT2D eigenvalue weighted by atomic mass is 10.2. The van der Waals surface area contributed by atoms with Gasteiger partial charge in [0.2, 0.25) is 0 Å². The zero-order chi connectivity index (χ0) is 19.8. The molecule has 0 aliphatic carbocycles. The highest BCUT2D eigenvalue weighted by atomic mass is 16.6. The van der Waals surface area contributed by atoms with Crippen molar-refractivity contribution in [2.45, 2.75) is 0 Å². The lowest BCUT2D eigenvalue weighted by molar-refractivity contribution is -0.142. The molecule has 9 heteroatoms. The van der Waals surface area contributed by atoms with Crippen molar-refractivity contribution in [2.75, 3.05) is 19.0 Å². The maximum Gasteiger partial charge on any atom is 0.343 e. The van der Waals surface area contributed by atoms with Crippen LogP contribution in [0.2, 0.25) is 0 Å². The summed E-state index contributed by atoms with van der Waals surface area (Å²) in [4.78, 5) is 35.0. The summed E-state index contributed by atoms with van der Waals surface area (Å²) in [6.45, 7) is -0.243. The van der Waals surface area contributed by atoms with Gasteiger partial charge in [0, 0.05) is 16.8 Å². The molecule has 27 heavy (non-hydrogen) atoms. The molecule has 3 amide bonds. The summed E-state index contributed by atoms with van der Waals surface area (Å²) in [6, 6.07) is 11.5. The van der Waals surface area contributed by atoms with Gasteiger partial charge in [-0.1, -0.05) is 0 Å². The van der Waals surface area contributed by atoms with Gasteiger partial charge in [0.05, 0.1) is 7.11 Å². The number of rotatable bonds is 6. The van der Waals surface area contributed by atoms with Gasteiger partial charge in [-0.3, -0.25) is 15.5 Å². The minimum absolute atomic E-state index is 0.0832. The summed E-state index contributed by atoms with van der Waals surface area (Å²) >= 11 is 0. The molecule has 0 spiro atoms. The number of hydrogen-bond acceptors (Lipinski definition) is 6. The summed E-state index contributed by atoms with van der Waals surface area (Å²) in [5, 5.41) is 12.0. The molecule has 0 unspecified atom stereocenters. The predicted molar refractivity (Wildman–Crippen MR) is 97.9 cm³/mol. The molecule has 0 heterocycles. The zero-order valence-corrected chi connectivity index (χ0v) is 14.4. The van der Waals surface area contributed by atoms with Crippen LogP contribution in [0.5, 0.6) is 5.75 Å². The Morgan fingerprint density at radius 2 is 1.59 bits per heavy atom. The Labute approximate surface area is 155 Å². The van der Waals surface area contributed by atoms with Gasteiger partial charge in [-0.2, -0.15) is 0 Å². The second-order valence-corrected chi connectivity index (χ2v) is 5.29. The Morgan fingerprint density at radius 1 is 1.00 bits per heavy atom. The van der Waals surface area contributed by atoms with E-state index < -0.39 is 17.9 Å². The minimum atomic E-state index is -0.707. The highest BCUT2D eigenvalue weighted by Crippen LogP contribution is 2.13. The third kappa shape index (κ3) is 5.85. The van der Waals surface area contributed by atoms with Crippen LogP contribution in [-0.4, -0.2) is 37.5 Å². The molecule has 5 N–H and O–H groups in total. The smallest absolute Gasteiger partial charge is 0.343 e. The number of ether oxygens (including phenoxy) is 2. The van der Waals surface area contributed by atoms with E-state index in [4.69, 9.17) is 15.9 Å². The first-order valence-corrected chi connectivity index (χ1v) is 7.75. The van der Waals surface area contributed by atoms with Crippen LogP contribution in [0.1, 0.15) is 15.9 Å². The van der Waals surface area contributed by atoms with Crippen LogP contribution in [-0.2, 0) is 9.53 Å². The Bertz CT molecular complexity index is 847. The SMILES string of the molecule is COC(=O)COc1ccc(C(=O)NC(=O)Nc2ccc(C(=N)N)cc2)cc1. The third-order valence-corrected chi connectivity index (χ3v) is 3.38. The third-order valence-electron chi connectivity index (χ3n) is 3.38. The van der Waals surface area contributed by atoms with E-state index in [1.807, 2.05) is 0 Å². The van der Waals surface area contributed by atoms with Crippen molar-refractivity contribution >= 4 is 29.4 Å². The lowest BCUT2D eigenvalue weighted by Crippen LogP contribution is -2.34. The van der Waals surface area contributed by atoms with Crippen molar-refractivity contribution in [2.24, 2.45) is 5.73 Å². The van der Waals surface area contributed by atoms with E-state index in [9.17, 15) is 14.4 Å². The number of anilines is 1. The number of nitrogens with two attached hydrogens (primary N) is 1. The number of carbonyl (C=O) groups is 3. The molecule has 0 radical (unpaired) electrons. The normalized spacial score (nSPS) is 9.81. The number of benzene rings is 2. The van der Waals surface area contributed by atoms with Crippen LogP contribution in [0.25, 0.3) is 0 Å². The van der Waals surface area contributed by atoms with Crippen LogP contribution in [0.15, 0.2) is 48.5 Å². The number of nitrogen functional groups attached to an aromatic ring is 1. The van der Waals surface area contributed by atoms with Crippen LogP contribution in [0.3, 0.4) is 0 Å². The van der Waals surface area contributed by atoms with Crippen LogP contribution in [0, 0.1) is 5.41 Å². The molecule has 2 rings (SSSR count). The Hall–Kier alpha value is -3.88. The number of nitrogens with one attached hydrogen (secondary N) is 3. The van der Waals surface area contributed by atoms with Crippen molar-refractivity contribution < 1.29 is 23.9 Å². The molecule has 2 aromatic rings. The quantitative estimate of drug-likeness (QED) is 0.344. The van der Waals surface area contributed by atoms with Crippen molar-refractivity contribution in [3.05, 3.63) is 59.7 Å².